The summed E-state index contributed by atoms with van der Waals surface area (Å²) >= 11 is 0. The molecular formula is C19H27F3N4O3. The molecular weight excluding hydrogens is 389 g/mol. The van der Waals surface area contributed by atoms with Crippen molar-refractivity contribution in [1.29, 1.82) is 0 Å². The second-order valence-electron chi connectivity index (χ2n) is 6.58. The number of amides is 1. The molecule has 0 bridgehead atoms. The number of piperidine rings is 1. The third-order valence-electron chi connectivity index (χ3n) is 4.52. The van der Waals surface area contributed by atoms with Crippen molar-refractivity contribution >= 4 is 17.6 Å². The SMILES string of the molecule is CN=C(NCC(=O)Nc1ccc(F)c(F)c1F)N1CCC(OCCCOC)CC1. The fourth-order valence-corrected chi connectivity index (χ4v) is 3.00. The maximum absolute atomic E-state index is 13.6. The molecule has 0 radical (unpaired) electrons. The van der Waals surface area contributed by atoms with Crippen molar-refractivity contribution in [1.82, 2.24) is 10.2 Å². The Labute approximate surface area is 168 Å². The van der Waals surface area contributed by atoms with Crippen LogP contribution < -0.4 is 10.6 Å². The van der Waals surface area contributed by atoms with E-state index in [-0.39, 0.29) is 12.6 Å². The Hall–Kier alpha value is -2.33. The normalized spacial score (nSPS) is 15.5. The molecule has 0 aromatic heterocycles. The van der Waals surface area contributed by atoms with Gasteiger partial charge in [-0.2, -0.15) is 0 Å². The van der Waals surface area contributed by atoms with Gasteiger partial charge in [-0.25, -0.2) is 13.2 Å². The van der Waals surface area contributed by atoms with Crippen LogP contribution in [0.25, 0.3) is 0 Å². The third kappa shape index (κ3) is 6.90. The molecule has 0 unspecified atom stereocenters. The first-order chi connectivity index (χ1) is 14.0. The van der Waals surface area contributed by atoms with Crippen molar-refractivity contribution in [2.24, 2.45) is 4.99 Å². The Morgan fingerprint density at radius 1 is 1.21 bits per heavy atom. The molecule has 7 nitrogen and oxygen atoms in total. The Morgan fingerprint density at radius 2 is 1.93 bits per heavy atom. The van der Waals surface area contributed by atoms with E-state index in [1.54, 1.807) is 14.2 Å². The summed E-state index contributed by atoms with van der Waals surface area (Å²) in [6.07, 6.45) is 2.70. The van der Waals surface area contributed by atoms with Gasteiger partial charge in [0.15, 0.2) is 23.4 Å². The van der Waals surface area contributed by atoms with Gasteiger partial charge in [0.1, 0.15) is 0 Å². The Bertz CT molecular complexity index is 710. The van der Waals surface area contributed by atoms with Gasteiger partial charge in [-0.1, -0.05) is 0 Å². The number of ether oxygens (including phenoxy) is 2. The lowest BCUT2D eigenvalue weighted by Gasteiger charge is -2.34. The van der Waals surface area contributed by atoms with Gasteiger partial charge in [0, 0.05) is 40.5 Å². The minimum atomic E-state index is -1.63. The van der Waals surface area contributed by atoms with Gasteiger partial charge >= 0.3 is 0 Å². The summed E-state index contributed by atoms with van der Waals surface area (Å²) in [5, 5.41) is 5.11. The van der Waals surface area contributed by atoms with Gasteiger partial charge in [0.25, 0.3) is 0 Å². The zero-order valence-corrected chi connectivity index (χ0v) is 16.6. The van der Waals surface area contributed by atoms with Gasteiger partial charge in [-0.3, -0.25) is 9.79 Å². The summed E-state index contributed by atoms with van der Waals surface area (Å²) in [6.45, 7) is 2.57. The monoisotopic (exact) mass is 416 g/mol. The van der Waals surface area contributed by atoms with E-state index in [9.17, 15) is 18.0 Å². The zero-order chi connectivity index (χ0) is 21.2. The van der Waals surface area contributed by atoms with Crippen molar-refractivity contribution in [3.8, 4) is 0 Å². The molecule has 1 amide bonds. The molecule has 0 atom stereocenters. The Morgan fingerprint density at radius 3 is 2.59 bits per heavy atom. The van der Waals surface area contributed by atoms with Gasteiger partial charge < -0.3 is 25.0 Å². The number of anilines is 1. The second-order valence-corrected chi connectivity index (χ2v) is 6.58. The Kier molecular flexibility index (Phi) is 9.20. The van der Waals surface area contributed by atoms with Crippen molar-refractivity contribution < 1.29 is 27.4 Å². The maximum Gasteiger partial charge on any atom is 0.243 e. The summed E-state index contributed by atoms with van der Waals surface area (Å²) in [6, 6.07) is 1.72. The first kappa shape index (κ1) is 23.0. The molecule has 1 heterocycles. The summed E-state index contributed by atoms with van der Waals surface area (Å²) in [4.78, 5) is 18.2. The average Bonchev–Trinajstić information content (AvgIpc) is 2.73. The first-order valence-corrected chi connectivity index (χ1v) is 9.45. The molecule has 0 aliphatic carbocycles. The number of hydrogen-bond donors (Lipinski definition) is 2. The lowest BCUT2D eigenvalue weighted by atomic mass is 10.1. The van der Waals surface area contributed by atoms with Gasteiger partial charge in [-0.05, 0) is 31.4 Å². The summed E-state index contributed by atoms with van der Waals surface area (Å²) in [7, 11) is 3.26. The van der Waals surface area contributed by atoms with Crippen LogP contribution in [0, 0.1) is 17.5 Å². The summed E-state index contributed by atoms with van der Waals surface area (Å²) < 4.78 is 50.7. The maximum atomic E-state index is 13.6. The first-order valence-electron chi connectivity index (χ1n) is 9.45. The molecule has 0 saturated carbocycles. The molecule has 162 valence electrons. The van der Waals surface area contributed by atoms with Crippen LogP contribution in [0.2, 0.25) is 0 Å². The van der Waals surface area contributed by atoms with Crippen molar-refractivity contribution in [2.45, 2.75) is 25.4 Å². The highest BCUT2D eigenvalue weighted by molar-refractivity contribution is 5.95. The van der Waals surface area contributed by atoms with Crippen LogP contribution in [-0.2, 0) is 14.3 Å². The van der Waals surface area contributed by atoms with Crippen LogP contribution in [0.5, 0.6) is 0 Å². The number of rotatable bonds is 8. The van der Waals surface area contributed by atoms with E-state index in [2.05, 4.69) is 15.6 Å². The molecule has 1 fully saturated rings. The molecule has 1 saturated heterocycles. The highest BCUT2D eigenvalue weighted by Crippen LogP contribution is 2.19. The van der Waals surface area contributed by atoms with E-state index >= 15 is 0 Å². The van der Waals surface area contributed by atoms with Crippen LogP contribution in [-0.4, -0.2) is 69.9 Å². The summed E-state index contributed by atoms with van der Waals surface area (Å²) in [5.74, 6) is -4.45. The fourth-order valence-electron chi connectivity index (χ4n) is 3.00. The molecule has 2 N–H and O–H groups in total. The number of methoxy groups -OCH3 is 1. The van der Waals surface area contributed by atoms with Crippen LogP contribution >= 0.6 is 0 Å². The number of nitrogens with one attached hydrogen (secondary N) is 2. The molecule has 29 heavy (non-hydrogen) atoms. The molecule has 10 heteroatoms. The second kappa shape index (κ2) is 11.6. The topological polar surface area (TPSA) is 75.2 Å². The molecule has 1 aliphatic heterocycles. The highest BCUT2D eigenvalue weighted by Gasteiger charge is 2.22. The van der Waals surface area contributed by atoms with E-state index in [4.69, 9.17) is 9.47 Å². The number of carbonyl (C=O) groups excluding carboxylic acids is 1. The van der Waals surface area contributed by atoms with E-state index < -0.39 is 29.0 Å². The van der Waals surface area contributed by atoms with Crippen LogP contribution in [0.15, 0.2) is 17.1 Å². The number of likely N-dealkylation sites (tertiary alicyclic amines) is 1. The fraction of sp³-hybridized carbons (Fsp3) is 0.579. The highest BCUT2D eigenvalue weighted by atomic mass is 19.2. The Balaban J connectivity index is 1.76. The molecule has 2 rings (SSSR count). The smallest absolute Gasteiger partial charge is 0.243 e. The lowest BCUT2D eigenvalue weighted by Crippen LogP contribution is -2.48. The lowest BCUT2D eigenvalue weighted by molar-refractivity contribution is -0.115. The third-order valence-corrected chi connectivity index (χ3v) is 4.52. The number of benzene rings is 1. The van der Waals surface area contributed by atoms with Crippen LogP contribution in [0.3, 0.4) is 0 Å². The minimum Gasteiger partial charge on any atom is -0.385 e. The molecule has 1 aromatic rings. The number of guanidine groups is 1. The number of halogens is 3. The predicted molar refractivity (Wildman–Crippen MR) is 103 cm³/mol. The van der Waals surface area contributed by atoms with E-state index in [1.807, 2.05) is 4.90 Å². The van der Waals surface area contributed by atoms with E-state index in [0.29, 0.717) is 32.3 Å². The average molecular weight is 416 g/mol. The van der Waals surface area contributed by atoms with Gasteiger partial charge in [-0.15, -0.1) is 0 Å². The minimum absolute atomic E-state index is 0.181. The molecule has 1 aliphatic rings. The molecule has 1 aromatic carbocycles. The quantitative estimate of drug-likeness (QED) is 0.294. The largest absolute Gasteiger partial charge is 0.385 e. The number of carbonyl (C=O) groups is 1. The standard InChI is InChI=1S/C19H27F3N4O3/c1-23-19(26-8-6-13(7-9-26)29-11-3-10-28-2)24-12-16(27)25-15-5-4-14(20)17(21)18(15)22/h4-5,13H,3,6-12H2,1-2H3,(H,23,24)(H,25,27). The number of hydrogen-bond acceptors (Lipinski definition) is 4. The van der Waals surface area contributed by atoms with E-state index in [1.165, 1.54) is 0 Å². The predicted octanol–water partition coefficient (Wildman–Crippen LogP) is 2.14. The van der Waals surface area contributed by atoms with Crippen molar-refractivity contribution in [3.63, 3.8) is 0 Å². The van der Waals surface area contributed by atoms with Crippen LogP contribution in [0.4, 0.5) is 18.9 Å². The van der Waals surface area contributed by atoms with Crippen molar-refractivity contribution in [2.75, 3.05) is 52.3 Å². The zero-order valence-electron chi connectivity index (χ0n) is 16.6. The number of aliphatic imine (C=N–C) groups is 1. The van der Waals surface area contributed by atoms with Crippen LogP contribution in [0.1, 0.15) is 19.3 Å². The van der Waals surface area contributed by atoms with Crippen molar-refractivity contribution in [3.05, 3.63) is 29.6 Å². The van der Waals surface area contributed by atoms with Gasteiger partial charge in [0.2, 0.25) is 5.91 Å². The van der Waals surface area contributed by atoms with Gasteiger partial charge in [0.05, 0.1) is 18.3 Å². The molecule has 0 spiro atoms. The summed E-state index contributed by atoms with van der Waals surface area (Å²) in [5.41, 5.74) is -0.419. The van der Waals surface area contributed by atoms with E-state index in [0.717, 1.165) is 31.4 Å². The number of nitrogens with zero attached hydrogens (tertiary/aromatic N) is 2.